The number of carbonyl (C=O) groups is 1. The average Bonchev–Trinajstić information content (AvgIpc) is 2.69. The van der Waals surface area contributed by atoms with Gasteiger partial charge in [0, 0.05) is 31.5 Å². The molecule has 0 saturated carbocycles. The normalized spacial score (nSPS) is 10.4. The quantitative estimate of drug-likeness (QED) is 0.616. The Labute approximate surface area is 177 Å². The van der Waals surface area contributed by atoms with Gasteiger partial charge in [-0.25, -0.2) is 9.97 Å². The summed E-state index contributed by atoms with van der Waals surface area (Å²) >= 11 is 0. The number of aryl methyl sites for hydroxylation is 2. The Morgan fingerprint density at radius 3 is 2.33 bits per heavy atom. The van der Waals surface area contributed by atoms with Crippen molar-refractivity contribution >= 4 is 28.9 Å². The number of amides is 1. The lowest BCUT2D eigenvalue weighted by Crippen LogP contribution is -2.14. The van der Waals surface area contributed by atoms with E-state index in [1.807, 2.05) is 81.4 Å². The number of hydrogen-bond acceptors (Lipinski definition) is 6. The van der Waals surface area contributed by atoms with E-state index in [9.17, 15) is 4.79 Å². The number of rotatable bonds is 7. The molecule has 2 N–H and O–H groups in total. The predicted octanol–water partition coefficient (Wildman–Crippen LogP) is 4.09. The van der Waals surface area contributed by atoms with Gasteiger partial charge in [0.1, 0.15) is 23.2 Å². The van der Waals surface area contributed by atoms with Crippen LogP contribution in [0.15, 0.2) is 48.5 Å². The van der Waals surface area contributed by atoms with Crippen molar-refractivity contribution in [2.24, 2.45) is 0 Å². The Balaban J connectivity index is 1.62. The number of nitrogens with one attached hydrogen (secondary N) is 2. The maximum Gasteiger partial charge on any atom is 0.228 e. The lowest BCUT2D eigenvalue weighted by atomic mass is 10.1. The summed E-state index contributed by atoms with van der Waals surface area (Å²) < 4.78 is 5.26. The zero-order valence-corrected chi connectivity index (χ0v) is 18.0. The van der Waals surface area contributed by atoms with Gasteiger partial charge in [0.25, 0.3) is 0 Å². The summed E-state index contributed by atoms with van der Waals surface area (Å²) in [5.41, 5.74) is 3.57. The Morgan fingerprint density at radius 1 is 1.00 bits per heavy atom. The highest BCUT2D eigenvalue weighted by Gasteiger charge is 2.08. The van der Waals surface area contributed by atoms with Crippen LogP contribution in [0.2, 0.25) is 0 Å². The van der Waals surface area contributed by atoms with Crippen LogP contribution in [0, 0.1) is 13.8 Å². The largest absolute Gasteiger partial charge is 0.496 e. The van der Waals surface area contributed by atoms with E-state index in [1.165, 1.54) is 0 Å². The van der Waals surface area contributed by atoms with Crippen molar-refractivity contribution in [3.05, 3.63) is 65.5 Å². The molecule has 0 radical (unpaired) electrons. The first-order chi connectivity index (χ1) is 14.3. The summed E-state index contributed by atoms with van der Waals surface area (Å²) in [6.07, 6.45) is 0.304. The molecule has 0 unspecified atom stereocenters. The van der Waals surface area contributed by atoms with Crippen LogP contribution in [0.25, 0.3) is 0 Å². The second kappa shape index (κ2) is 9.26. The number of aromatic nitrogens is 2. The number of hydrogen-bond donors (Lipinski definition) is 2. The summed E-state index contributed by atoms with van der Waals surface area (Å²) in [7, 11) is 5.52. The molecule has 0 aliphatic heterocycles. The maximum atomic E-state index is 12.4. The van der Waals surface area contributed by atoms with Crippen LogP contribution in [0.3, 0.4) is 0 Å². The van der Waals surface area contributed by atoms with Crippen molar-refractivity contribution in [1.29, 1.82) is 0 Å². The van der Waals surface area contributed by atoms with E-state index in [0.29, 0.717) is 12.2 Å². The van der Waals surface area contributed by atoms with Crippen molar-refractivity contribution in [3.63, 3.8) is 0 Å². The zero-order chi connectivity index (χ0) is 21.7. The van der Waals surface area contributed by atoms with Crippen molar-refractivity contribution < 1.29 is 9.53 Å². The van der Waals surface area contributed by atoms with Crippen LogP contribution < -0.4 is 20.3 Å². The molecule has 3 aromatic rings. The highest BCUT2D eigenvalue weighted by atomic mass is 16.5. The lowest BCUT2D eigenvalue weighted by Gasteiger charge is -2.14. The molecule has 156 valence electrons. The standard InChI is InChI=1S/C23H27N5O2/c1-15-12-17(6-11-20(15)30-5)13-23(29)27-19-9-7-18(8-10-19)26-21-14-22(28(3)4)25-16(2)24-21/h6-12,14H,13H2,1-5H3,(H,27,29)(H,24,25,26). The van der Waals surface area contributed by atoms with E-state index in [2.05, 4.69) is 20.6 Å². The Hall–Kier alpha value is -3.61. The second-order valence-electron chi connectivity index (χ2n) is 7.28. The minimum absolute atomic E-state index is 0.0673. The average molecular weight is 406 g/mol. The van der Waals surface area contributed by atoms with Crippen LogP contribution in [-0.4, -0.2) is 37.1 Å². The second-order valence-corrected chi connectivity index (χ2v) is 7.28. The van der Waals surface area contributed by atoms with Gasteiger partial charge in [-0.1, -0.05) is 12.1 Å². The van der Waals surface area contributed by atoms with E-state index in [4.69, 9.17) is 4.74 Å². The first-order valence-corrected chi connectivity index (χ1v) is 9.67. The highest BCUT2D eigenvalue weighted by molar-refractivity contribution is 5.92. The fourth-order valence-corrected chi connectivity index (χ4v) is 3.07. The van der Waals surface area contributed by atoms with E-state index < -0.39 is 0 Å². The third kappa shape index (κ3) is 5.47. The summed E-state index contributed by atoms with van der Waals surface area (Å²) in [5.74, 6) is 3.00. The molecule has 1 heterocycles. The monoisotopic (exact) mass is 405 g/mol. The van der Waals surface area contributed by atoms with Gasteiger partial charge >= 0.3 is 0 Å². The van der Waals surface area contributed by atoms with Gasteiger partial charge in [0.15, 0.2) is 0 Å². The van der Waals surface area contributed by atoms with Crippen molar-refractivity contribution in [2.45, 2.75) is 20.3 Å². The minimum Gasteiger partial charge on any atom is -0.496 e. The third-order valence-electron chi connectivity index (χ3n) is 4.55. The van der Waals surface area contributed by atoms with Crippen molar-refractivity contribution in [3.8, 4) is 5.75 Å². The van der Waals surface area contributed by atoms with Crippen LogP contribution in [0.1, 0.15) is 17.0 Å². The Bertz CT molecular complexity index is 1030. The molecule has 0 aliphatic carbocycles. The number of ether oxygens (including phenoxy) is 1. The fraction of sp³-hybridized carbons (Fsp3) is 0.261. The molecule has 1 amide bonds. The zero-order valence-electron chi connectivity index (χ0n) is 18.0. The molecule has 3 rings (SSSR count). The molecule has 0 aliphatic rings. The molecule has 1 aromatic heterocycles. The molecule has 0 saturated heterocycles. The number of nitrogens with zero attached hydrogens (tertiary/aromatic N) is 3. The van der Waals surface area contributed by atoms with E-state index >= 15 is 0 Å². The molecule has 0 fully saturated rings. The molecule has 0 bridgehead atoms. The van der Waals surface area contributed by atoms with Crippen LogP contribution in [0.4, 0.5) is 23.0 Å². The van der Waals surface area contributed by atoms with E-state index in [1.54, 1.807) is 7.11 Å². The van der Waals surface area contributed by atoms with Crippen LogP contribution >= 0.6 is 0 Å². The lowest BCUT2D eigenvalue weighted by molar-refractivity contribution is -0.115. The molecule has 0 spiro atoms. The Kier molecular flexibility index (Phi) is 6.51. The van der Waals surface area contributed by atoms with Gasteiger partial charge in [-0.15, -0.1) is 0 Å². The van der Waals surface area contributed by atoms with E-state index in [0.717, 1.165) is 39.9 Å². The number of benzene rings is 2. The van der Waals surface area contributed by atoms with Gasteiger partial charge in [0.2, 0.25) is 5.91 Å². The minimum atomic E-state index is -0.0673. The third-order valence-corrected chi connectivity index (χ3v) is 4.55. The number of methoxy groups -OCH3 is 1. The summed E-state index contributed by atoms with van der Waals surface area (Å²) in [4.78, 5) is 23.1. The highest BCUT2D eigenvalue weighted by Crippen LogP contribution is 2.21. The SMILES string of the molecule is COc1ccc(CC(=O)Nc2ccc(Nc3cc(N(C)C)nc(C)n3)cc2)cc1C. The van der Waals surface area contributed by atoms with Gasteiger partial charge in [0.05, 0.1) is 13.5 Å². The number of carbonyl (C=O) groups excluding carboxylic acids is 1. The topological polar surface area (TPSA) is 79.4 Å². The smallest absolute Gasteiger partial charge is 0.228 e. The molecule has 30 heavy (non-hydrogen) atoms. The molecular formula is C23H27N5O2. The molecular weight excluding hydrogens is 378 g/mol. The first kappa shape index (κ1) is 21.1. The van der Waals surface area contributed by atoms with Gasteiger partial charge in [-0.3, -0.25) is 4.79 Å². The Morgan fingerprint density at radius 2 is 1.70 bits per heavy atom. The number of anilines is 4. The van der Waals surface area contributed by atoms with E-state index in [-0.39, 0.29) is 5.91 Å². The van der Waals surface area contributed by atoms with Gasteiger partial charge < -0.3 is 20.3 Å². The van der Waals surface area contributed by atoms with Crippen LogP contribution in [-0.2, 0) is 11.2 Å². The predicted molar refractivity (Wildman–Crippen MR) is 121 cm³/mol. The summed E-state index contributed by atoms with van der Waals surface area (Å²) in [5, 5.41) is 6.21. The molecule has 0 atom stereocenters. The van der Waals surface area contributed by atoms with Crippen molar-refractivity contribution in [1.82, 2.24) is 9.97 Å². The summed E-state index contributed by atoms with van der Waals surface area (Å²) in [6.45, 7) is 3.83. The summed E-state index contributed by atoms with van der Waals surface area (Å²) in [6, 6.07) is 15.2. The van der Waals surface area contributed by atoms with Gasteiger partial charge in [-0.2, -0.15) is 0 Å². The maximum absolute atomic E-state index is 12.4. The first-order valence-electron chi connectivity index (χ1n) is 9.67. The van der Waals surface area contributed by atoms with Crippen LogP contribution in [0.5, 0.6) is 5.75 Å². The fourth-order valence-electron chi connectivity index (χ4n) is 3.07. The van der Waals surface area contributed by atoms with Crippen molar-refractivity contribution in [2.75, 3.05) is 36.7 Å². The molecule has 7 heteroatoms. The molecule has 2 aromatic carbocycles. The molecule has 7 nitrogen and oxygen atoms in total. The van der Waals surface area contributed by atoms with Gasteiger partial charge in [-0.05, 0) is 55.3 Å².